The molecule has 0 radical (unpaired) electrons. The average molecular weight is 298 g/mol. The number of carbonyl (C=O) groups excluding carboxylic acids is 1. The van der Waals surface area contributed by atoms with Crippen LogP contribution < -0.4 is 15.5 Å². The summed E-state index contributed by atoms with van der Waals surface area (Å²) < 4.78 is 0. The molecule has 1 saturated heterocycles. The van der Waals surface area contributed by atoms with Crippen LogP contribution in [0.3, 0.4) is 0 Å². The van der Waals surface area contributed by atoms with Crippen molar-refractivity contribution in [2.24, 2.45) is 5.92 Å². The van der Waals surface area contributed by atoms with Crippen molar-refractivity contribution in [2.45, 2.75) is 19.4 Å². The Balaban J connectivity index is 0.00000200. The van der Waals surface area contributed by atoms with Gasteiger partial charge in [-0.25, -0.2) is 0 Å². The molecule has 4 nitrogen and oxygen atoms in total. The number of anilines is 1. The van der Waals surface area contributed by atoms with Crippen LogP contribution in [0.4, 0.5) is 5.69 Å². The zero-order chi connectivity index (χ0) is 13.8. The molecule has 1 aromatic carbocycles. The number of hydrogen-bond acceptors (Lipinski definition) is 3. The summed E-state index contributed by atoms with van der Waals surface area (Å²) in [4.78, 5) is 14.3. The lowest BCUT2D eigenvalue weighted by molar-refractivity contribution is 0.0914. The molecule has 1 aliphatic rings. The van der Waals surface area contributed by atoms with Crippen molar-refractivity contribution in [1.29, 1.82) is 0 Å². The summed E-state index contributed by atoms with van der Waals surface area (Å²) in [7, 11) is 3.96. The Hall–Kier alpha value is -1.26. The lowest BCUT2D eigenvalue weighted by atomic mass is 9.95. The molecular formula is C15H24ClN3O. The molecule has 2 atom stereocenters. The lowest BCUT2D eigenvalue weighted by Crippen LogP contribution is -2.48. The molecule has 0 aliphatic carbocycles. The van der Waals surface area contributed by atoms with Crippen LogP contribution in [-0.4, -0.2) is 39.1 Å². The van der Waals surface area contributed by atoms with Crippen molar-refractivity contribution in [3.8, 4) is 0 Å². The first-order chi connectivity index (χ1) is 9.08. The van der Waals surface area contributed by atoms with Crippen molar-refractivity contribution in [2.75, 3.05) is 32.1 Å². The Labute approximate surface area is 127 Å². The van der Waals surface area contributed by atoms with E-state index < -0.39 is 0 Å². The number of nitrogens with one attached hydrogen (secondary N) is 2. The topological polar surface area (TPSA) is 44.4 Å². The van der Waals surface area contributed by atoms with Crippen molar-refractivity contribution in [1.82, 2.24) is 10.6 Å². The molecule has 0 bridgehead atoms. The summed E-state index contributed by atoms with van der Waals surface area (Å²) in [6.07, 6.45) is 1.00. The van der Waals surface area contributed by atoms with Gasteiger partial charge in [-0.3, -0.25) is 4.79 Å². The molecule has 0 spiro atoms. The van der Waals surface area contributed by atoms with E-state index in [0.717, 1.165) is 30.8 Å². The number of halogens is 1. The van der Waals surface area contributed by atoms with Gasteiger partial charge in [-0.05, 0) is 43.6 Å². The molecule has 0 saturated carbocycles. The summed E-state index contributed by atoms with van der Waals surface area (Å²) in [6, 6.07) is 8.01. The average Bonchev–Trinajstić information content (AvgIpc) is 2.41. The Kier molecular flexibility index (Phi) is 6.30. The SMILES string of the molecule is CC1CNCCC1NC(=O)c1cccc(N(C)C)c1.Cl. The maximum absolute atomic E-state index is 12.3. The third-order valence-electron chi connectivity index (χ3n) is 3.73. The Bertz CT molecular complexity index is 450. The van der Waals surface area contributed by atoms with E-state index in [4.69, 9.17) is 0 Å². The molecule has 1 amide bonds. The van der Waals surface area contributed by atoms with E-state index >= 15 is 0 Å². The van der Waals surface area contributed by atoms with E-state index in [0.29, 0.717) is 5.92 Å². The van der Waals surface area contributed by atoms with Gasteiger partial charge < -0.3 is 15.5 Å². The first kappa shape index (κ1) is 16.8. The summed E-state index contributed by atoms with van der Waals surface area (Å²) in [5.74, 6) is 0.511. The minimum Gasteiger partial charge on any atom is -0.378 e. The number of rotatable bonds is 3. The van der Waals surface area contributed by atoms with Gasteiger partial charge >= 0.3 is 0 Å². The minimum atomic E-state index is 0. The third kappa shape index (κ3) is 4.12. The highest BCUT2D eigenvalue weighted by Gasteiger charge is 2.23. The second-order valence-corrected chi connectivity index (χ2v) is 5.49. The van der Waals surface area contributed by atoms with Crippen LogP contribution in [0.2, 0.25) is 0 Å². The fraction of sp³-hybridized carbons (Fsp3) is 0.533. The van der Waals surface area contributed by atoms with Crippen LogP contribution in [0.15, 0.2) is 24.3 Å². The van der Waals surface area contributed by atoms with Crippen LogP contribution in [0.25, 0.3) is 0 Å². The van der Waals surface area contributed by atoms with Crippen LogP contribution >= 0.6 is 12.4 Å². The molecule has 1 fully saturated rings. The van der Waals surface area contributed by atoms with Gasteiger partial charge in [0, 0.05) is 31.4 Å². The van der Waals surface area contributed by atoms with Gasteiger partial charge in [0.1, 0.15) is 0 Å². The summed E-state index contributed by atoms with van der Waals surface area (Å²) >= 11 is 0. The Morgan fingerprint density at radius 2 is 2.15 bits per heavy atom. The summed E-state index contributed by atoms with van der Waals surface area (Å²) in [6.45, 7) is 4.13. The van der Waals surface area contributed by atoms with Gasteiger partial charge in [-0.2, -0.15) is 0 Å². The zero-order valence-electron chi connectivity index (χ0n) is 12.3. The quantitative estimate of drug-likeness (QED) is 0.896. The number of piperidine rings is 1. The molecule has 2 rings (SSSR count). The molecule has 2 unspecified atom stereocenters. The van der Waals surface area contributed by atoms with E-state index in [2.05, 4.69) is 17.6 Å². The molecule has 2 N–H and O–H groups in total. The standard InChI is InChI=1S/C15H23N3O.ClH/c1-11-10-16-8-7-14(11)17-15(19)12-5-4-6-13(9-12)18(2)3;/h4-6,9,11,14,16H,7-8,10H2,1-3H3,(H,17,19);1H. The lowest BCUT2D eigenvalue weighted by Gasteiger charge is -2.30. The molecule has 20 heavy (non-hydrogen) atoms. The number of hydrogen-bond donors (Lipinski definition) is 2. The molecule has 1 heterocycles. The number of carbonyl (C=O) groups is 1. The van der Waals surface area contributed by atoms with Crippen LogP contribution in [0.1, 0.15) is 23.7 Å². The first-order valence-electron chi connectivity index (χ1n) is 6.87. The fourth-order valence-corrected chi connectivity index (χ4v) is 2.41. The second kappa shape index (κ2) is 7.50. The fourth-order valence-electron chi connectivity index (χ4n) is 2.41. The molecule has 0 aromatic heterocycles. The second-order valence-electron chi connectivity index (χ2n) is 5.49. The van der Waals surface area contributed by atoms with Gasteiger partial charge in [0.15, 0.2) is 0 Å². The maximum Gasteiger partial charge on any atom is 0.251 e. The largest absolute Gasteiger partial charge is 0.378 e. The summed E-state index contributed by atoms with van der Waals surface area (Å²) in [5.41, 5.74) is 1.78. The maximum atomic E-state index is 12.3. The highest BCUT2D eigenvalue weighted by atomic mass is 35.5. The van der Waals surface area contributed by atoms with Crippen molar-refractivity contribution in [3.05, 3.63) is 29.8 Å². The van der Waals surface area contributed by atoms with Gasteiger partial charge in [0.05, 0.1) is 0 Å². The van der Waals surface area contributed by atoms with E-state index in [9.17, 15) is 4.79 Å². The Morgan fingerprint density at radius 1 is 1.40 bits per heavy atom. The number of nitrogens with zero attached hydrogens (tertiary/aromatic N) is 1. The zero-order valence-corrected chi connectivity index (χ0v) is 13.2. The third-order valence-corrected chi connectivity index (χ3v) is 3.73. The predicted molar refractivity (Wildman–Crippen MR) is 85.9 cm³/mol. The predicted octanol–water partition coefficient (Wildman–Crippen LogP) is 1.90. The van der Waals surface area contributed by atoms with Crippen LogP contribution in [0.5, 0.6) is 0 Å². The van der Waals surface area contributed by atoms with E-state index in [-0.39, 0.29) is 24.4 Å². The molecule has 1 aliphatic heterocycles. The van der Waals surface area contributed by atoms with Gasteiger partial charge in [0.2, 0.25) is 0 Å². The normalized spacial score (nSPS) is 21.8. The monoisotopic (exact) mass is 297 g/mol. The smallest absolute Gasteiger partial charge is 0.251 e. The van der Waals surface area contributed by atoms with E-state index in [1.807, 2.05) is 43.3 Å². The van der Waals surface area contributed by atoms with Crippen molar-refractivity contribution >= 4 is 24.0 Å². The molecule has 5 heteroatoms. The highest BCUT2D eigenvalue weighted by molar-refractivity contribution is 5.95. The highest BCUT2D eigenvalue weighted by Crippen LogP contribution is 2.15. The first-order valence-corrected chi connectivity index (χ1v) is 6.87. The molecule has 1 aromatic rings. The summed E-state index contributed by atoms with van der Waals surface area (Å²) in [5, 5.41) is 6.50. The van der Waals surface area contributed by atoms with E-state index in [1.165, 1.54) is 0 Å². The minimum absolute atomic E-state index is 0. The van der Waals surface area contributed by atoms with Gasteiger partial charge in [0.25, 0.3) is 5.91 Å². The van der Waals surface area contributed by atoms with E-state index in [1.54, 1.807) is 0 Å². The Morgan fingerprint density at radius 3 is 2.80 bits per heavy atom. The molecule has 112 valence electrons. The van der Waals surface area contributed by atoms with Crippen molar-refractivity contribution < 1.29 is 4.79 Å². The van der Waals surface area contributed by atoms with Gasteiger partial charge in [-0.15, -0.1) is 12.4 Å². The molecular weight excluding hydrogens is 274 g/mol. The number of benzene rings is 1. The van der Waals surface area contributed by atoms with Gasteiger partial charge in [-0.1, -0.05) is 13.0 Å². The van der Waals surface area contributed by atoms with Crippen LogP contribution in [-0.2, 0) is 0 Å². The van der Waals surface area contributed by atoms with Crippen molar-refractivity contribution in [3.63, 3.8) is 0 Å². The number of amides is 1. The van der Waals surface area contributed by atoms with Crippen LogP contribution in [0, 0.1) is 5.92 Å².